The normalized spacial score (nSPS) is 11.2. The molecule has 0 atom stereocenters. The van der Waals surface area contributed by atoms with E-state index in [0.29, 0.717) is 10.0 Å². The molecule has 0 radical (unpaired) electrons. The van der Waals surface area contributed by atoms with Crippen LogP contribution in [-0.4, -0.2) is 9.97 Å². The van der Waals surface area contributed by atoms with Gasteiger partial charge in [-0.3, -0.25) is 0 Å². The van der Waals surface area contributed by atoms with E-state index >= 15 is 0 Å². The number of aromatic nitrogens is 2. The fourth-order valence-electron chi connectivity index (χ4n) is 1.56. The van der Waals surface area contributed by atoms with Crippen molar-refractivity contribution in [2.24, 2.45) is 0 Å². The molecule has 0 aliphatic heterocycles. The van der Waals surface area contributed by atoms with Crippen molar-refractivity contribution in [3.05, 3.63) is 38.6 Å². The summed E-state index contributed by atoms with van der Waals surface area (Å²) >= 11 is 19.3. The summed E-state index contributed by atoms with van der Waals surface area (Å²) in [5, 5.41) is 1.01. The molecule has 0 aliphatic rings. The van der Waals surface area contributed by atoms with E-state index in [9.17, 15) is 0 Å². The van der Waals surface area contributed by atoms with E-state index in [0.717, 1.165) is 26.1 Å². The zero-order valence-electron chi connectivity index (χ0n) is 8.30. The summed E-state index contributed by atoms with van der Waals surface area (Å²) in [5.41, 5.74) is 1.65. The second-order valence-corrected chi connectivity index (χ2v) is 6.00. The predicted molar refractivity (Wildman–Crippen MR) is 74.4 cm³/mol. The Morgan fingerprint density at radius 1 is 1.06 bits per heavy atom. The molecule has 6 heteroatoms. The SMILES string of the molecule is Clc1ccc(-c2nc3cc(Cl)c(Cl)cc3[nH]2)s1. The fraction of sp³-hybridized carbons (Fsp3) is 0. The molecule has 2 nitrogen and oxygen atoms in total. The number of nitrogens with zero attached hydrogens (tertiary/aromatic N) is 1. The smallest absolute Gasteiger partial charge is 0.148 e. The second kappa shape index (κ2) is 4.18. The average molecular weight is 304 g/mol. The molecule has 17 heavy (non-hydrogen) atoms. The summed E-state index contributed by atoms with van der Waals surface area (Å²) < 4.78 is 0.733. The topological polar surface area (TPSA) is 28.7 Å². The lowest BCUT2D eigenvalue weighted by Crippen LogP contribution is -1.72. The number of imidazole rings is 1. The molecule has 0 saturated heterocycles. The van der Waals surface area contributed by atoms with Crippen LogP contribution in [0, 0.1) is 0 Å². The van der Waals surface area contributed by atoms with Crippen molar-refractivity contribution >= 4 is 57.2 Å². The Morgan fingerprint density at radius 3 is 2.53 bits per heavy atom. The summed E-state index contributed by atoms with van der Waals surface area (Å²) in [4.78, 5) is 8.63. The quantitative estimate of drug-likeness (QED) is 0.653. The first kappa shape index (κ1) is 11.4. The summed E-state index contributed by atoms with van der Waals surface area (Å²) in [6, 6.07) is 7.28. The van der Waals surface area contributed by atoms with Crippen LogP contribution in [0.5, 0.6) is 0 Å². The van der Waals surface area contributed by atoms with Gasteiger partial charge in [0.2, 0.25) is 0 Å². The van der Waals surface area contributed by atoms with Crippen LogP contribution in [0.3, 0.4) is 0 Å². The van der Waals surface area contributed by atoms with Gasteiger partial charge in [0.05, 0.1) is 30.3 Å². The minimum Gasteiger partial charge on any atom is -0.337 e. The van der Waals surface area contributed by atoms with Crippen molar-refractivity contribution in [1.82, 2.24) is 9.97 Å². The Labute approximate surface area is 116 Å². The number of thiophene rings is 1. The molecule has 3 rings (SSSR count). The molecule has 0 unspecified atom stereocenters. The number of aromatic amines is 1. The van der Waals surface area contributed by atoms with E-state index < -0.39 is 0 Å². The van der Waals surface area contributed by atoms with E-state index in [-0.39, 0.29) is 0 Å². The summed E-state index contributed by atoms with van der Waals surface area (Å²) in [6.45, 7) is 0. The molecule has 0 bridgehead atoms. The highest BCUT2D eigenvalue weighted by Gasteiger charge is 2.09. The van der Waals surface area contributed by atoms with Crippen molar-refractivity contribution in [1.29, 1.82) is 0 Å². The van der Waals surface area contributed by atoms with Gasteiger partial charge in [0.25, 0.3) is 0 Å². The number of benzene rings is 1. The lowest BCUT2D eigenvalue weighted by Gasteiger charge is -1.93. The van der Waals surface area contributed by atoms with Gasteiger partial charge < -0.3 is 4.98 Å². The van der Waals surface area contributed by atoms with Gasteiger partial charge in [0.1, 0.15) is 5.82 Å². The first-order valence-electron chi connectivity index (χ1n) is 4.74. The van der Waals surface area contributed by atoms with Crippen molar-refractivity contribution in [3.8, 4) is 10.7 Å². The Morgan fingerprint density at radius 2 is 1.82 bits per heavy atom. The number of hydrogen-bond acceptors (Lipinski definition) is 2. The lowest BCUT2D eigenvalue weighted by molar-refractivity contribution is 1.36. The molecule has 1 N–H and O–H groups in total. The first-order chi connectivity index (χ1) is 8.13. The van der Waals surface area contributed by atoms with Crippen LogP contribution in [0.15, 0.2) is 24.3 Å². The van der Waals surface area contributed by atoms with Gasteiger partial charge in [0, 0.05) is 0 Å². The van der Waals surface area contributed by atoms with Crippen LogP contribution in [0.25, 0.3) is 21.7 Å². The minimum absolute atomic E-state index is 0.501. The molecule has 2 heterocycles. The van der Waals surface area contributed by atoms with Crippen molar-refractivity contribution < 1.29 is 0 Å². The maximum atomic E-state index is 5.95. The van der Waals surface area contributed by atoms with Crippen LogP contribution in [0.4, 0.5) is 0 Å². The molecule has 86 valence electrons. The second-order valence-electron chi connectivity index (χ2n) is 3.47. The van der Waals surface area contributed by atoms with Gasteiger partial charge in [-0.15, -0.1) is 11.3 Å². The van der Waals surface area contributed by atoms with Crippen LogP contribution in [0.2, 0.25) is 14.4 Å². The third-order valence-corrected chi connectivity index (χ3v) is 4.29. The number of hydrogen-bond donors (Lipinski definition) is 1. The lowest BCUT2D eigenvalue weighted by atomic mass is 10.3. The van der Waals surface area contributed by atoms with E-state index in [1.165, 1.54) is 11.3 Å². The van der Waals surface area contributed by atoms with Crippen molar-refractivity contribution in [2.75, 3.05) is 0 Å². The minimum atomic E-state index is 0.501. The highest BCUT2D eigenvalue weighted by molar-refractivity contribution is 7.19. The Bertz CT molecular complexity index is 663. The zero-order valence-corrected chi connectivity index (χ0v) is 11.4. The number of halogens is 3. The summed E-state index contributed by atoms with van der Waals surface area (Å²) in [6.07, 6.45) is 0. The highest BCUT2D eigenvalue weighted by Crippen LogP contribution is 2.32. The predicted octanol–water partition coefficient (Wildman–Crippen LogP) is 5.25. The van der Waals surface area contributed by atoms with Gasteiger partial charge in [-0.1, -0.05) is 34.8 Å². The number of H-pyrrole nitrogens is 1. The highest BCUT2D eigenvalue weighted by atomic mass is 35.5. The van der Waals surface area contributed by atoms with Crippen molar-refractivity contribution in [3.63, 3.8) is 0 Å². The summed E-state index contributed by atoms with van der Waals surface area (Å²) in [5.74, 6) is 0.773. The van der Waals surface area contributed by atoms with Crippen LogP contribution in [0.1, 0.15) is 0 Å². The van der Waals surface area contributed by atoms with Gasteiger partial charge in [-0.05, 0) is 24.3 Å². The molecule has 0 spiro atoms. The standard InChI is InChI=1S/C11H5Cl3N2S/c12-5-3-7-8(4-6(5)13)16-11(15-7)9-1-2-10(14)17-9/h1-4H,(H,15,16). The third-order valence-electron chi connectivity index (χ3n) is 2.33. The summed E-state index contributed by atoms with van der Waals surface area (Å²) in [7, 11) is 0. The molecule has 0 amide bonds. The maximum absolute atomic E-state index is 5.95. The molecule has 0 aliphatic carbocycles. The van der Waals surface area contributed by atoms with Gasteiger partial charge in [-0.25, -0.2) is 4.98 Å². The van der Waals surface area contributed by atoms with Gasteiger partial charge in [-0.2, -0.15) is 0 Å². The van der Waals surface area contributed by atoms with Crippen LogP contribution >= 0.6 is 46.1 Å². The zero-order chi connectivity index (χ0) is 12.0. The molecule has 3 aromatic rings. The molecular weight excluding hydrogens is 299 g/mol. The number of nitrogens with one attached hydrogen (secondary N) is 1. The first-order valence-corrected chi connectivity index (χ1v) is 6.69. The van der Waals surface area contributed by atoms with Gasteiger partial charge >= 0.3 is 0 Å². The maximum Gasteiger partial charge on any atom is 0.148 e. The molecule has 0 fully saturated rings. The molecule has 1 aromatic carbocycles. The molecule has 2 aromatic heterocycles. The molecule has 0 saturated carbocycles. The Kier molecular flexibility index (Phi) is 2.79. The van der Waals surface area contributed by atoms with Crippen LogP contribution in [-0.2, 0) is 0 Å². The Hall–Kier alpha value is -0.740. The van der Waals surface area contributed by atoms with E-state index in [1.807, 2.05) is 12.1 Å². The third kappa shape index (κ3) is 2.04. The van der Waals surface area contributed by atoms with E-state index in [1.54, 1.807) is 12.1 Å². The average Bonchev–Trinajstić information content (AvgIpc) is 2.85. The van der Waals surface area contributed by atoms with Gasteiger partial charge in [0.15, 0.2) is 0 Å². The largest absolute Gasteiger partial charge is 0.337 e. The molecular formula is C11H5Cl3N2S. The van der Waals surface area contributed by atoms with E-state index in [2.05, 4.69) is 9.97 Å². The number of fused-ring (bicyclic) bond motifs is 1. The van der Waals surface area contributed by atoms with E-state index in [4.69, 9.17) is 34.8 Å². The van der Waals surface area contributed by atoms with Crippen LogP contribution < -0.4 is 0 Å². The number of rotatable bonds is 1. The van der Waals surface area contributed by atoms with Crippen molar-refractivity contribution in [2.45, 2.75) is 0 Å². The fourth-order valence-corrected chi connectivity index (χ4v) is 2.87. The monoisotopic (exact) mass is 302 g/mol. The Balaban J connectivity index is 2.19.